The summed E-state index contributed by atoms with van der Waals surface area (Å²) in [7, 11) is 0. The Morgan fingerprint density at radius 2 is 1.94 bits per heavy atom. The van der Waals surface area contributed by atoms with E-state index in [1.807, 2.05) is 6.07 Å². The van der Waals surface area contributed by atoms with Gasteiger partial charge in [0, 0.05) is 6.20 Å². The van der Waals surface area contributed by atoms with Gasteiger partial charge in [0.25, 0.3) is 5.91 Å². The highest BCUT2D eigenvalue weighted by atomic mass is 16.3. The highest BCUT2D eigenvalue weighted by molar-refractivity contribution is 5.92. The highest BCUT2D eigenvalue weighted by Gasteiger charge is 2.30. The number of nitriles is 1. The van der Waals surface area contributed by atoms with Crippen molar-refractivity contribution in [3.63, 3.8) is 0 Å². The molecule has 1 aromatic rings. The normalized spacial score (nSPS) is 10.8. The molecule has 7 heteroatoms. The van der Waals surface area contributed by atoms with Crippen LogP contribution in [0.1, 0.15) is 16.1 Å². The van der Waals surface area contributed by atoms with Crippen molar-refractivity contribution in [3.8, 4) is 6.07 Å². The van der Waals surface area contributed by atoms with Crippen LogP contribution in [0.2, 0.25) is 0 Å². The van der Waals surface area contributed by atoms with Crippen LogP contribution in [-0.4, -0.2) is 51.6 Å². The summed E-state index contributed by atoms with van der Waals surface area (Å²) in [6.45, 7) is -1.83. The molecule has 0 spiro atoms. The highest BCUT2D eigenvalue weighted by Crippen LogP contribution is 2.05. The number of aromatic nitrogens is 1. The van der Waals surface area contributed by atoms with E-state index in [0.717, 1.165) is 0 Å². The smallest absolute Gasteiger partial charge is 0.270 e. The maximum atomic E-state index is 11.7. The predicted octanol–water partition coefficient (Wildman–Crippen LogP) is -1.60. The quantitative estimate of drug-likeness (QED) is 0.499. The van der Waals surface area contributed by atoms with E-state index >= 15 is 0 Å². The molecule has 0 aliphatic rings. The number of carbonyl (C=O) groups excluding carboxylic acids is 1. The van der Waals surface area contributed by atoms with Gasteiger partial charge in [-0.05, 0) is 12.1 Å². The van der Waals surface area contributed by atoms with E-state index in [9.17, 15) is 4.79 Å². The van der Waals surface area contributed by atoms with E-state index in [2.05, 4.69) is 10.3 Å². The summed E-state index contributed by atoms with van der Waals surface area (Å²) in [5.41, 5.74) is -1.16. The van der Waals surface area contributed by atoms with Crippen LogP contribution >= 0.6 is 0 Å². The van der Waals surface area contributed by atoms with Crippen molar-refractivity contribution in [2.45, 2.75) is 5.54 Å². The van der Waals surface area contributed by atoms with Crippen molar-refractivity contribution in [3.05, 3.63) is 29.6 Å². The van der Waals surface area contributed by atoms with E-state index in [0.29, 0.717) is 5.56 Å². The predicted molar refractivity (Wildman–Crippen MR) is 60.4 cm³/mol. The SMILES string of the molecule is N#Cc1ccc(C(=O)NC(CO)(CO)CO)nc1. The third-order valence-electron chi connectivity index (χ3n) is 2.41. The molecule has 0 atom stereocenters. The maximum Gasteiger partial charge on any atom is 0.270 e. The summed E-state index contributed by atoms with van der Waals surface area (Å²) < 4.78 is 0. The molecule has 0 saturated heterocycles. The molecule has 0 aliphatic heterocycles. The van der Waals surface area contributed by atoms with Crippen LogP contribution in [0, 0.1) is 11.3 Å². The first-order valence-corrected chi connectivity index (χ1v) is 5.12. The van der Waals surface area contributed by atoms with Gasteiger partial charge in [-0.2, -0.15) is 5.26 Å². The molecule has 18 heavy (non-hydrogen) atoms. The summed E-state index contributed by atoms with van der Waals surface area (Å²) >= 11 is 0. The topological polar surface area (TPSA) is 126 Å². The van der Waals surface area contributed by atoms with Gasteiger partial charge in [0.1, 0.15) is 17.3 Å². The Labute approximate surface area is 103 Å². The molecular weight excluding hydrogens is 238 g/mol. The Hall–Kier alpha value is -2.01. The number of nitrogens with zero attached hydrogens (tertiary/aromatic N) is 2. The minimum absolute atomic E-state index is 0.0220. The van der Waals surface area contributed by atoms with E-state index in [-0.39, 0.29) is 5.69 Å². The van der Waals surface area contributed by atoms with Gasteiger partial charge in [0.2, 0.25) is 0 Å². The van der Waals surface area contributed by atoms with Crippen LogP contribution < -0.4 is 5.32 Å². The van der Waals surface area contributed by atoms with Gasteiger partial charge in [-0.25, -0.2) is 4.98 Å². The summed E-state index contributed by atoms with van der Waals surface area (Å²) in [6, 6.07) is 4.62. The van der Waals surface area contributed by atoms with Crippen molar-refractivity contribution >= 4 is 5.91 Å². The molecule has 1 rings (SSSR count). The van der Waals surface area contributed by atoms with Crippen LogP contribution in [-0.2, 0) is 0 Å². The Kier molecular flexibility index (Phi) is 4.74. The van der Waals surface area contributed by atoms with Gasteiger partial charge >= 0.3 is 0 Å². The van der Waals surface area contributed by atoms with Crippen molar-refractivity contribution < 1.29 is 20.1 Å². The summed E-state index contributed by atoms with van der Waals surface area (Å²) in [5.74, 6) is -0.656. The molecule has 0 fully saturated rings. The summed E-state index contributed by atoms with van der Waals surface area (Å²) in [5, 5.41) is 38.0. The molecule has 1 amide bonds. The number of hydrogen-bond donors (Lipinski definition) is 4. The van der Waals surface area contributed by atoms with Gasteiger partial charge in [-0.1, -0.05) is 0 Å². The van der Waals surface area contributed by atoms with Crippen LogP contribution in [0.3, 0.4) is 0 Å². The van der Waals surface area contributed by atoms with Crippen molar-refractivity contribution in [1.29, 1.82) is 5.26 Å². The standard InChI is InChI=1S/C11H13N3O4/c12-3-8-1-2-9(13-4-8)10(18)14-11(5-15,6-16)7-17/h1-2,4,15-17H,5-7H2,(H,14,18). The Balaban J connectivity index is 2.84. The van der Waals surface area contributed by atoms with Crippen molar-refractivity contribution in [1.82, 2.24) is 10.3 Å². The maximum absolute atomic E-state index is 11.7. The summed E-state index contributed by atoms with van der Waals surface area (Å²) in [4.78, 5) is 15.5. The van der Waals surface area contributed by atoms with Crippen LogP contribution in [0.5, 0.6) is 0 Å². The van der Waals surface area contributed by atoms with E-state index in [1.54, 1.807) is 0 Å². The van der Waals surface area contributed by atoms with E-state index in [1.165, 1.54) is 18.3 Å². The first-order chi connectivity index (χ1) is 8.60. The fourth-order valence-corrected chi connectivity index (χ4v) is 1.17. The largest absolute Gasteiger partial charge is 0.394 e. The number of hydrogen-bond acceptors (Lipinski definition) is 6. The lowest BCUT2D eigenvalue weighted by Crippen LogP contribution is -2.57. The average molecular weight is 251 g/mol. The second-order valence-electron chi connectivity index (χ2n) is 3.75. The second-order valence-corrected chi connectivity index (χ2v) is 3.75. The number of nitrogens with one attached hydrogen (secondary N) is 1. The molecule has 1 aromatic heterocycles. The van der Waals surface area contributed by atoms with Gasteiger partial charge in [0.15, 0.2) is 0 Å². The Morgan fingerprint density at radius 1 is 1.33 bits per heavy atom. The van der Waals surface area contributed by atoms with Crippen molar-refractivity contribution in [2.24, 2.45) is 0 Å². The van der Waals surface area contributed by atoms with Crippen LogP contribution in [0.4, 0.5) is 0 Å². The number of amides is 1. The molecule has 0 aliphatic carbocycles. The average Bonchev–Trinajstić information content (AvgIpc) is 2.45. The molecule has 7 nitrogen and oxygen atoms in total. The molecule has 0 bridgehead atoms. The lowest BCUT2D eigenvalue weighted by molar-refractivity contribution is 0.0373. The number of aliphatic hydroxyl groups excluding tert-OH is 3. The fourth-order valence-electron chi connectivity index (χ4n) is 1.17. The van der Waals surface area contributed by atoms with Gasteiger partial charge < -0.3 is 20.6 Å². The molecule has 4 N–H and O–H groups in total. The monoisotopic (exact) mass is 251 g/mol. The number of aliphatic hydroxyl groups is 3. The van der Waals surface area contributed by atoms with E-state index in [4.69, 9.17) is 20.6 Å². The zero-order valence-electron chi connectivity index (χ0n) is 9.50. The van der Waals surface area contributed by atoms with Crippen LogP contribution in [0.25, 0.3) is 0 Å². The first-order valence-electron chi connectivity index (χ1n) is 5.12. The third-order valence-corrected chi connectivity index (χ3v) is 2.41. The second kappa shape index (κ2) is 6.07. The zero-order chi connectivity index (χ0) is 13.6. The number of rotatable bonds is 5. The third kappa shape index (κ3) is 3.01. The van der Waals surface area contributed by atoms with Crippen LogP contribution in [0.15, 0.2) is 18.3 Å². The lowest BCUT2D eigenvalue weighted by atomic mass is 10.0. The fraction of sp³-hybridized carbons (Fsp3) is 0.364. The van der Waals surface area contributed by atoms with Gasteiger partial charge in [0.05, 0.1) is 25.4 Å². The molecule has 1 heterocycles. The zero-order valence-corrected chi connectivity index (χ0v) is 9.50. The minimum atomic E-state index is -1.49. The van der Waals surface area contributed by atoms with Gasteiger partial charge in [-0.15, -0.1) is 0 Å². The molecule has 96 valence electrons. The molecule has 0 aromatic carbocycles. The van der Waals surface area contributed by atoms with Gasteiger partial charge in [-0.3, -0.25) is 4.79 Å². The van der Waals surface area contributed by atoms with E-state index < -0.39 is 31.3 Å². The van der Waals surface area contributed by atoms with Crippen molar-refractivity contribution in [2.75, 3.05) is 19.8 Å². The number of pyridine rings is 1. The molecule has 0 saturated carbocycles. The molecular formula is C11H13N3O4. The minimum Gasteiger partial charge on any atom is -0.394 e. The first kappa shape index (κ1) is 14.1. The molecule has 0 radical (unpaired) electrons. The number of carbonyl (C=O) groups is 1. The Bertz CT molecular complexity index is 440. The summed E-state index contributed by atoms with van der Waals surface area (Å²) in [6.07, 6.45) is 1.23. The molecule has 0 unspecified atom stereocenters. The lowest BCUT2D eigenvalue weighted by Gasteiger charge is -2.28. The Morgan fingerprint density at radius 3 is 2.33 bits per heavy atom.